The maximum Gasteiger partial charge on any atom is 0.106 e. The molecule has 0 amide bonds. The first-order valence-corrected chi connectivity index (χ1v) is 7.61. The second kappa shape index (κ2) is 6.55. The summed E-state index contributed by atoms with van der Waals surface area (Å²) in [7, 11) is 0. The molecule has 1 fully saturated rings. The molecule has 1 aromatic rings. The molecule has 0 saturated carbocycles. The number of rotatable bonds is 4. The van der Waals surface area contributed by atoms with Crippen molar-refractivity contribution < 1.29 is 10.2 Å². The fourth-order valence-electron chi connectivity index (χ4n) is 2.36. The summed E-state index contributed by atoms with van der Waals surface area (Å²) in [6.07, 6.45) is 2.19. The molecule has 0 radical (unpaired) electrons. The molecule has 4 heteroatoms. The number of hydrogen-bond acceptors (Lipinski definition) is 3. The van der Waals surface area contributed by atoms with Crippen molar-refractivity contribution in [1.82, 2.24) is 0 Å². The Kier molecular flexibility index (Phi) is 5.03. The molecule has 0 aromatic heterocycles. The van der Waals surface area contributed by atoms with Crippen molar-refractivity contribution in [2.24, 2.45) is 0 Å². The molecule has 1 saturated heterocycles. The van der Waals surface area contributed by atoms with E-state index in [4.69, 9.17) is 0 Å². The zero-order valence-corrected chi connectivity index (χ0v) is 12.0. The Morgan fingerprint density at radius 1 is 1.17 bits per heavy atom. The molecule has 2 rings (SSSR count). The Morgan fingerprint density at radius 3 is 2.56 bits per heavy atom. The van der Waals surface area contributed by atoms with Crippen LogP contribution in [0.3, 0.4) is 0 Å². The minimum Gasteiger partial charge on any atom is -0.389 e. The molecule has 3 nitrogen and oxygen atoms in total. The van der Waals surface area contributed by atoms with Gasteiger partial charge >= 0.3 is 0 Å². The summed E-state index contributed by atoms with van der Waals surface area (Å²) >= 11 is 3.19. The molecule has 2 atom stereocenters. The molecule has 0 aliphatic carbocycles. The van der Waals surface area contributed by atoms with Crippen molar-refractivity contribution in [2.75, 3.05) is 23.3 Å². The van der Waals surface area contributed by atoms with E-state index in [9.17, 15) is 10.2 Å². The van der Waals surface area contributed by atoms with Crippen molar-refractivity contribution >= 4 is 21.6 Å². The van der Waals surface area contributed by atoms with Gasteiger partial charge in [-0.1, -0.05) is 28.1 Å². The lowest BCUT2D eigenvalue weighted by Gasteiger charge is -2.29. The fourth-order valence-corrected chi connectivity index (χ4v) is 2.72. The summed E-state index contributed by atoms with van der Waals surface area (Å²) < 4.78 is 0. The van der Waals surface area contributed by atoms with E-state index in [-0.39, 0.29) is 0 Å². The zero-order valence-electron chi connectivity index (χ0n) is 10.4. The van der Waals surface area contributed by atoms with Crippen molar-refractivity contribution in [1.29, 1.82) is 0 Å². The first kappa shape index (κ1) is 13.8. The number of benzene rings is 1. The first-order chi connectivity index (χ1) is 8.72. The number of halogens is 1. The number of nitrogens with zero attached hydrogens (tertiary/aromatic N) is 1. The van der Waals surface area contributed by atoms with Crippen molar-refractivity contribution in [2.45, 2.75) is 31.5 Å². The van der Waals surface area contributed by atoms with E-state index in [0.717, 1.165) is 24.3 Å². The highest BCUT2D eigenvalue weighted by atomic mass is 79.9. The van der Waals surface area contributed by atoms with Gasteiger partial charge in [0.2, 0.25) is 0 Å². The molecular weight excluding hydrogens is 294 g/mol. The van der Waals surface area contributed by atoms with Crippen LogP contribution in [0.2, 0.25) is 0 Å². The van der Waals surface area contributed by atoms with Crippen molar-refractivity contribution in [3.05, 3.63) is 29.8 Å². The largest absolute Gasteiger partial charge is 0.389 e. The van der Waals surface area contributed by atoms with Gasteiger partial charge in [0.1, 0.15) is 6.10 Å². The summed E-state index contributed by atoms with van der Waals surface area (Å²) in [4.78, 5) is 2.35. The number of piperidine rings is 1. The van der Waals surface area contributed by atoms with E-state index in [1.54, 1.807) is 0 Å². The van der Waals surface area contributed by atoms with Crippen LogP contribution in [0.4, 0.5) is 5.69 Å². The highest BCUT2D eigenvalue weighted by Gasteiger charge is 2.18. The Bertz CT molecular complexity index is 363. The Labute approximate surface area is 117 Å². The summed E-state index contributed by atoms with van der Waals surface area (Å²) in [5.74, 6) is 0. The molecule has 1 heterocycles. The van der Waals surface area contributed by atoms with Gasteiger partial charge in [-0.25, -0.2) is 0 Å². The van der Waals surface area contributed by atoms with Crippen LogP contribution in [0.5, 0.6) is 0 Å². The lowest BCUT2D eigenvalue weighted by molar-refractivity contribution is 0.0343. The summed E-state index contributed by atoms with van der Waals surface area (Å²) in [5.41, 5.74) is 1.93. The molecule has 1 aromatic carbocycles. The highest BCUT2D eigenvalue weighted by molar-refractivity contribution is 9.09. The Morgan fingerprint density at radius 2 is 1.89 bits per heavy atom. The van der Waals surface area contributed by atoms with Gasteiger partial charge in [0.05, 0.1) is 6.10 Å². The predicted octanol–water partition coefficient (Wildman–Crippen LogP) is 2.47. The van der Waals surface area contributed by atoms with Gasteiger partial charge < -0.3 is 15.1 Å². The summed E-state index contributed by atoms with van der Waals surface area (Å²) in [6, 6.07) is 7.87. The highest BCUT2D eigenvalue weighted by Crippen LogP contribution is 2.25. The average Bonchev–Trinajstić information content (AvgIpc) is 2.46. The molecule has 0 spiro atoms. The van der Waals surface area contributed by atoms with E-state index in [1.165, 1.54) is 19.3 Å². The molecule has 2 N–H and O–H groups in total. The maximum atomic E-state index is 10.0. The van der Waals surface area contributed by atoms with Crippen LogP contribution >= 0.6 is 15.9 Å². The van der Waals surface area contributed by atoms with Gasteiger partial charge in [-0.15, -0.1) is 0 Å². The van der Waals surface area contributed by atoms with Gasteiger partial charge in [-0.05, 0) is 37.0 Å². The molecule has 0 bridgehead atoms. The lowest BCUT2D eigenvalue weighted by Crippen LogP contribution is -2.29. The van der Waals surface area contributed by atoms with Gasteiger partial charge in [0.25, 0.3) is 0 Å². The molecule has 18 heavy (non-hydrogen) atoms. The first-order valence-electron chi connectivity index (χ1n) is 6.49. The van der Waals surface area contributed by atoms with Crippen LogP contribution in [-0.4, -0.2) is 34.7 Å². The van der Waals surface area contributed by atoms with Gasteiger partial charge in [-0.3, -0.25) is 0 Å². The topological polar surface area (TPSA) is 43.7 Å². The van der Waals surface area contributed by atoms with Crippen LogP contribution in [0.25, 0.3) is 0 Å². The van der Waals surface area contributed by atoms with Gasteiger partial charge in [-0.2, -0.15) is 0 Å². The lowest BCUT2D eigenvalue weighted by atomic mass is 10.0. The SMILES string of the molecule is OC(CBr)C(O)c1cccc(N2CCCCC2)c1. The third-order valence-corrected chi connectivity index (χ3v) is 4.12. The molecule has 100 valence electrons. The fraction of sp³-hybridized carbons (Fsp3) is 0.571. The standard InChI is InChI=1S/C14H20BrNO2/c15-10-13(17)14(18)11-5-4-6-12(9-11)16-7-2-1-3-8-16/h4-6,9,13-14,17-18H,1-3,7-8,10H2. The second-order valence-electron chi connectivity index (χ2n) is 4.81. The number of aliphatic hydroxyl groups excluding tert-OH is 2. The van der Waals surface area contributed by atoms with Gasteiger partial charge in [0, 0.05) is 24.1 Å². The summed E-state index contributed by atoms with van der Waals surface area (Å²) in [5, 5.41) is 20.1. The van der Waals surface area contributed by atoms with Gasteiger partial charge in [0.15, 0.2) is 0 Å². The number of hydrogen-bond donors (Lipinski definition) is 2. The van der Waals surface area contributed by atoms with Crippen molar-refractivity contribution in [3.8, 4) is 0 Å². The van der Waals surface area contributed by atoms with E-state index >= 15 is 0 Å². The van der Waals surface area contributed by atoms with Crippen LogP contribution in [0.15, 0.2) is 24.3 Å². The summed E-state index contributed by atoms with van der Waals surface area (Å²) in [6.45, 7) is 2.17. The number of anilines is 1. The van der Waals surface area contributed by atoms with Crippen molar-refractivity contribution in [3.63, 3.8) is 0 Å². The monoisotopic (exact) mass is 313 g/mol. The van der Waals surface area contributed by atoms with Crippen LogP contribution in [-0.2, 0) is 0 Å². The van der Waals surface area contributed by atoms with E-state index in [1.807, 2.05) is 18.2 Å². The van der Waals surface area contributed by atoms with E-state index < -0.39 is 12.2 Å². The number of aliphatic hydroxyl groups is 2. The van der Waals surface area contributed by atoms with E-state index in [2.05, 4.69) is 26.9 Å². The normalized spacial score (nSPS) is 19.6. The molecule has 1 aliphatic heterocycles. The smallest absolute Gasteiger partial charge is 0.106 e. The zero-order chi connectivity index (χ0) is 13.0. The predicted molar refractivity (Wildman–Crippen MR) is 77.3 cm³/mol. The van der Waals surface area contributed by atoms with Crippen LogP contribution in [0.1, 0.15) is 30.9 Å². The second-order valence-corrected chi connectivity index (χ2v) is 5.46. The Hall–Kier alpha value is -0.580. The quantitative estimate of drug-likeness (QED) is 0.839. The van der Waals surface area contributed by atoms with Crippen LogP contribution < -0.4 is 4.90 Å². The number of alkyl halides is 1. The molecule has 2 unspecified atom stereocenters. The third kappa shape index (κ3) is 3.25. The van der Waals surface area contributed by atoms with E-state index in [0.29, 0.717) is 5.33 Å². The maximum absolute atomic E-state index is 10.0. The Balaban J connectivity index is 2.13. The molecular formula is C14H20BrNO2. The minimum atomic E-state index is -0.825. The minimum absolute atomic E-state index is 0.377. The van der Waals surface area contributed by atoms with Crippen LogP contribution in [0, 0.1) is 0 Å². The third-order valence-electron chi connectivity index (χ3n) is 3.46. The average molecular weight is 314 g/mol. The molecule has 1 aliphatic rings.